The first-order chi connectivity index (χ1) is 10.2. The first-order valence-electron chi connectivity index (χ1n) is 6.44. The van der Waals surface area contributed by atoms with E-state index in [0.717, 1.165) is 19.1 Å². The number of carbonyl (C=O) groups excluding carboxylic acids is 1. The second kappa shape index (κ2) is 7.21. The van der Waals surface area contributed by atoms with E-state index in [-0.39, 0.29) is 6.61 Å². The number of aldehydes is 1. The number of benzene rings is 1. The number of hydrogen-bond donors (Lipinski definition) is 0. The molecule has 0 unspecified atom stereocenters. The van der Waals surface area contributed by atoms with E-state index < -0.39 is 0 Å². The van der Waals surface area contributed by atoms with Gasteiger partial charge in [-0.15, -0.1) is 0 Å². The molecule has 0 fully saturated rings. The van der Waals surface area contributed by atoms with Gasteiger partial charge in [0, 0.05) is 12.0 Å². The zero-order valence-electron chi connectivity index (χ0n) is 11.8. The summed E-state index contributed by atoms with van der Waals surface area (Å²) in [6.07, 6.45) is 2.46. The number of ether oxygens (including phenoxy) is 2. The lowest BCUT2D eigenvalue weighted by molar-refractivity contribution is 0.112. The second-order valence-electron chi connectivity index (χ2n) is 4.29. The number of halogens is 1. The van der Waals surface area contributed by atoms with Crippen molar-refractivity contribution in [1.29, 1.82) is 0 Å². The van der Waals surface area contributed by atoms with Crippen molar-refractivity contribution in [2.24, 2.45) is 0 Å². The molecule has 0 spiro atoms. The summed E-state index contributed by atoms with van der Waals surface area (Å²) in [6.45, 7) is 2.18. The molecule has 0 bridgehead atoms. The average molecular weight is 355 g/mol. The molecule has 112 valence electrons. The molecule has 1 heterocycles. The molecule has 0 saturated heterocycles. The van der Waals surface area contributed by atoms with Crippen LogP contribution >= 0.6 is 15.9 Å². The molecule has 0 atom stereocenters. The Morgan fingerprint density at radius 1 is 1.43 bits per heavy atom. The maximum absolute atomic E-state index is 10.8. The smallest absolute Gasteiger partial charge is 0.264 e. The van der Waals surface area contributed by atoms with Crippen molar-refractivity contribution in [3.8, 4) is 11.5 Å². The molecular formula is C14H15BrN2O4. The lowest BCUT2D eigenvalue weighted by Crippen LogP contribution is -2.00. The van der Waals surface area contributed by atoms with Gasteiger partial charge in [0.2, 0.25) is 0 Å². The van der Waals surface area contributed by atoms with Crippen LogP contribution in [0.5, 0.6) is 11.5 Å². The Balaban J connectivity index is 2.13. The first kappa shape index (κ1) is 15.5. The Morgan fingerprint density at radius 2 is 2.24 bits per heavy atom. The van der Waals surface area contributed by atoms with Gasteiger partial charge in [0.1, 0.15) is 6.29 Å². The molecule has 2 aromatic rings. The summed E-state index contributed by atoms with van der Waals surface area (Å²) in [7, 11) is 1.51. The summed E-state index contributed by atoms with van der Waals surface area (Å²) in [5.74, 6) is 2.00. The van der Waals surface area contributed by atoms with Crippen LogP contribution in [0.25, 0.3) is 0 Å². The number of aryl methyl sites for hydroxylation is 1. The van der Waals surface area contributed by atoms with Gasteiger partial charge in [0.05, 0.1) is 11.6 Å². The highest BCUT2D eigenvalue weighted by atomic mass is 79.9. The number of rotatable bonds is 7. The van der Waals surface area contributed by atoms with E-state index in [9.17, 15) is 4.79 Å². The van der Waals surface area contributed by atoms with E-state index in [4.69, 9.17) is 14.0 Å². The van der Waals surface area contributed by atoms with Gasteiger partial charge in [0.15, 0.2) is 23.9 Å². The standard InChI is InChI=1S/C14H15BrN2O4/c1-3-4-12-16-13(21-17-12)8-20-14-10(15)5-9(7-18)6-11(14)19-2/h5-7H,3-4,8H2,1-2H3. The Bertz CT molecular complexity index is 627. The first-order valence-corrected chi connectivity index (χ1v) is 7.24. The third-order valence-electron chi connectivity index (χ3n) is 2.71. The monoisotopic (exact) mass is 354 g/mol. The van der Waals surface area contributed by atoms with Gasteiger partial charge in [-0.3, -0.25) is 4.79 Å². The molecule has 21 heavy (non-hydrogen) atoms. The molecule has 0 radical (unpaired) electrons. The number of hydrogen-bond acceptors (Lipinski definition) is 6. The van der Waals surface area contributed by atoms with Crippen LogP contribution in [0, 0.1) is 0 Å². The van der Waals surface area contributed by atoms with Crippen LogP contribution < -0.4 is 9.47 Å². The van der Waals surface area contributed by atoms with Gasteiger partial charge in [-0.05, 0) is 34.5 Å². The fraction of sp³-hybridized carbons (Fsp3) is 0.357. The highest BCUT2D eigenvalue weighted by Gasteiger charge is 2.14. The van der Waals surface area contributed by atoms with E-state index in [1.165, 1.54) is 7.11 Å². The van der Waals surface area contributed by atoms with Crippen LogP contribution in [0.2, 0.25) is 0 Å². The zero-order valence-corrected chi connectivity index (χ0v) is 13.3. The minimum absolute atomic E-state index is 0.131. The highest BCUT2D eigenvalue weighted by Crippen LogP contribution is 2.36. The fourth-order valence-electron chi connectivity index (χ4n) is 1.76. The largest absolute Gasteiger partial charge is 0.493 e. The van der Waals surface area contributed by atoms with Crippen LogP contribution in [0.15, 0.2) is 21.1 Å². The summed E-state index contributed by atoms with van der Waals surface area (Å²) < 4.78 is 16.6. The average Bonchev–Trinajstić information content (AvgIpc) is 2.93. The molecule has 2 rings (SSSR count). The van der Waals surface area contributed by atoms with Crippen molar-refractivity contribution in [2.75, 3.05) is 7.11 Å². The Morgan fingerprint density at radius 3 is 2.90 bits per heavy atom. The van der Waals surface area contributed by atoms with E-state index in [1.54, 1.807) is 12.1 Å². The third-order valence-corrected chi connectivity index (χ3v) is 3.30. The van der Waals surface area contributed by atoms with Gasteiger partial charge in [-0.25, -0.2) is 0 Å². The summed E-state index contributed by atoms with van der Waals surface area (Å²) in [5, 5.41) is 3.86. The second-order valence-corrected chi connectivity index (χ2v) is 5.15. The quantitative estimate of drug-likeness (QED) is 0.710. The van der Waals surface area contributed by atoms with Crippen LogP contribution in [0.4, 0.5) is 0 Å². The number of aromatic nitrogens is 2. The third kappa shape index (κ3) is 3.81. The molecular weight excluding hydrogens is 340 g/mol. The van der Waals surface area contributed by atoms with E-state index in [2.05, 4.69) is 26.1 Å². The van der Waals surface area contributed by atoms with Crippen molar-refractivity contribution in [1.82, 2.24) is 10.1 Å². The molecule has 1 aromatic carbocycles. The lowest BCUT2D eigenvalue weighted by atomic mass is 10.2. The Hall–Kier alpha value is -1.89. The van der Waals surface area contributed by atoms with Crippen LogP contribution in [-0.4, -0.2) is 23.5 Å². The van der Waals surface area contributed by atoms with E-state index >= 15 is 0 Å². The van der Waals surface area contributed by atoms with Crippen molar-refractivity contribution in [2.45, 2.75) is 26.4 Å². The molecule has 1 aromatic heterocycles. The van der Waals surface area contributed by atoms with Crippen LogP contribution in [-0.2, 0) is 13.0 Å². The normalized spacial score (nSPS) is 10.4. The molecule has 0 amide bonds. The SMILES string of the molecule is CCCc1noc(COc2c(Br)cc(C=O)cc2OC)n1. The summed E-state index contributed by atoms with van der Waals surface area (Å²) in [6, 6.07) is 3.25. The maximum atomic E-state index is 10.8. The van der Waals surface area contributed by atoms with Crippen molar-refractivity contribution in [3.05, 3.63) is 33.9 Å². The van der Waals surface area contributed by atoms with Gasteiger partial charge < -0.3 is 14.0 Å². The minimum Gasteiger partial charge on any atom is -0.493 e. The minimum atomic E-state index is 0.131. The van der Waals surface area contributed by atoms with Gasteiger partial charge in [-0.1, -0.05) is 12.1 Å². The molecule has 0 aliphatic carbocycles. The molecule has 7 heteroatoms. The number of methoxy groups -OCH3 is 1. The Labute approximate surface area is 130 Å². The predicted molar refractivity (Wildman–Crippen MR) is 78.7 cm³/mol. The number of nitrogens with zero attached hydrogens (tertiary/aromatic N) is 2. The van der Waals surface area contributed by atoms with Crippen LogP contribution in [0.3, 0.4) is 0 Å². The molecule has 0 aliphatic heterocycles. The highest BCUT2D eigenvalue weighted by molar-refractivity contribution is 9.10. The molecule has 0 saturated carbocycles. The summed E-state index contributed by atoms with van der Waals surface area (Å²) in [4.78, 5) is 15.1. The van der Waals surface area contributed by atoms with Crippen molar-refractivity contribution in [3.63, 3.8) is 0 Å². The van der Waals surface area contributed by atoms with E-state index in [1.807, 2.05) is 6.92 Å². The van der Waals surface area contributed by atoms with Gasteiger partial charge >= 0.3 is 0 Å². The van der Waals surface area contributed by atoms with Gasteiger partial charge in [-0.2, -0.15) is 4.98 Å². The van der Waals surface area contributed by atoms with Crippen molar-refractivity contribution >= 4 is 22.2 Å². The molecule has 0 aliphatic rings. The van der Waals surface area contributed by atoms with Crippen molar-refractivity contribution < 1.29 is 18.8 Å². The molecule has 0 N–H and O–H groups in total. The number of carbonyl (C=O) groups is 1. The zero-order chi connectivity index (χ0) is 15.2. The van der Waals surface area contributed by atoms with Gasteiger partial charge in [0.25, 0.3) is 5.89 Å². The summed E-state index contributed by atoms with van der Waals surface area (Å²) >= 11 is 3.35. The topological polar surface area (TPSA) is 74.5 Å². The predicted octanol–water partition coefficient (Wildman–Crippen LogP) is 3.18. The summed E-state index contributed by atoms with van der Waals surface area (Å²) in [5.41, 5.74) is 0.495. The van der Waals surface area contributed by atoms with Crippen LogP contribution in [0.1, 0.15) is 35.4 Å². The fourth-order valence-corrected chi connectivity index (χ4v) is 2.33. The maximum Gasteiger partial charge on any atom is 0.264 e. The Kier molecular flexibility index (Phi) is 5.32. The molecule has 6 nitrogen and oxygen atoms in total. The van der Waals surface area contributed by atoms with E-state index in [0.29, 0.717) is 33.3 Å². The lowest BCUT2D eigenvalue weighted by Gasteiger charge is -2.11.